The van der Waals surface area contributed by atoms with Crippen molar-refractivity contribution < 1.29 is 22.6 Å². The van der Waals surface area contributed by atoms with Gasteiger partial charge in [0, 0.05) is 22.9 Å². The molecule has 214 valence electrons. The van der Waals surface area contributed by atoms with Gasteiger partial charge in [-0.15, -0.1) is 0 Å². The van der Waals surface area contributed by atoms with Crippen LogP contribution in [-0.2, 0) is 6.54 Å². The van der Waals surface area contributed by atoms with Gasteiger partial charge in [-0.2, -0.15) is 0 Å². The number of hydrogen-bond acceptors (Lipinski definition) is 6. The van der Waals surface area contributed by atoms with E-state index in [1.54, 1.807) is 21.3 Å². The van der Waals surface area contributed by atoms with Crippen molar-refractivity contribution >= 4 is 57.3 Å². The Morgan fingerprint density at radius 1 is 0.581 bits per heavy atom. The fourth-order valence-electron chi connectivity index (χ4n) is 5.67. The van der Waals surface area contributed by atoms with E-state index in [0.717, 1.165) is 54.7 Å². The van der Waals surface area contributed by atoms with Crippen molar-refractivity contribution in [3.8, 4) is 17.2 Å². The Labute approximate surface area is 250 Å². The van der Waals surface area contributed by atoms with E-state index in [4.69, 9.17) is 22.6 Å². The molecule has 0 aliphatic carbocycles. The standard InChI is InChI=1S/C36H30NO5P/c1-38-32-21-27(22-33(39-2)36(32)40-3)37(23-24-11-5-4-6-12-24)43-41-30-19-17-25-13-7-9-15-28(25)34(30)35-29-16-10-8-14-26(29)18-20-31(35)42-43/h4-22H,23H2,1-3H3. The second-order valence-electron chi connectivity index (χ2n) is 10.2. The van der Waals surface area contributed by atoms with E-state index < -0.39 is 8.16 Å². The van der Waals surface area contributed by atoms with E-state index in [-0.39, 0.29) is 0 Å². The summed E-state index contributed by atoms with van der Waals surface area (Å²) in [6.45, 7) is 0.525. The molecule has 0 fully saturated rings. The van der Waals surface area contributed by atoms with Gasteiger partial charge >= 0.3 is 8.16 Å². The lowest BCUT2D eigenvalue weighted by Gasteiger charge is -2.23. The van der Waals surface area contributed by atoms with Gasteiger partial charge in [-0.25, -0.2) is 0 Å². The Balaban J connectivity index is 1.59. The van der Waals surface area contributed by atoms with Crippen molar-refractivity contribution in [3.63, 3.8) is 0 Å². The van der Waals surface area contributed by atoms with Gasteiger partial charge in [-0.05, 0) is 39.2 Å². The third kappa shape index (κ3) is 4.80. The molecule has 0 aliphatic heterocycles. The van der Waals surface area contributed by atoms with E-state index >= 15 is 0 Å². The molecule has 0 N–H and O–H groups in total. The van der Waals surface area contributed by atoms with Gasteiger partial charge in [0.2, 0.25) is 5.75 Å². The van der Waals surface area contributed by atoms with Gasteiger partial charge in [0.1, 0.15) is 11.2 Å². The quantitative estimate of drug-likeness (QED) is 0.185. The highest BCUT2D eigenvalue weighted by Gasteiger charge is 2.23. The van der Waals surface area contributed by atoms with Crippen molar-refractivity contribution in [2.45, 2.75) is 6.54 Å². The first-order valence-corrected chi connectivity index (χ1v) is 15.1. The minimum atomic E-state index is -1.71. The smallest absolute Gasteiger partial charge is 0.341 e. The molecule has 43 heavy (non-hydrogen) atoms. The summed E-state index contributed by atoms with van der Waals surface area (Å²) in [4.78, 5) is 0. The second kappa shape index (κ2) is 11.3. The topological polar surface area (TPSA) is 57.2 Å². The molecule has 1 aromatic heterocycles. The zero-order valence-corrected chi connectivity index (χ0v) is 25.0. The van der Waals surface area contributed by atoms with Crippen LogP contribution >= 0.6 is 8.16 Å². The Hall–Kier alpha value is -5.06. The first-order chi connectivity index (χ1) is 21.2. The van der Waals surface area contributed by atoms with E-state index in [0.29, 0.717) is 23.8 Å². The summed E-state index contributed by atoms with van der Waals surface area (Å²) in [6, 6.07) is 39.3. The van der Waals surface area contributed by atoms with Crippen LogP contribution in [0.1, 0.15) is 5.56 Å². The van der Waals surface area contributed by atoms with Crippen LogP contribution in [-0.4, -0.2) is 21.3 Å². The molecule has 6 aromatic carbocycles. The van der Waals surface area contributed by atoms with Crippen LogP contribution in [0.5, 0.6) is 17.2 Å². The molecule has 0 bridgehead atoms. The molecule has 6 nitrogen and oxygen atoms in total. The number of ether oxygens (including phenoxy) is 3. The van der Waals surface area contributed by atoms with Gasteiger partial charge in [-0.1, -0.05) is 91.0 Å². The maximum absolute atomic E-state index is 6.94. The van der Waals surface area contributed by atoms with Crippen molar-refractivity contribution in [1.29, 1.82) is 0 Å². The van der Waals surface area contributed by atoms with Crippen LogP contribution < -0.4 is 18.9 Å². The number of methoxy groups -OCH3 is 3. The number of hydrogen-bond donors (Lipinski definition) is 0. The lowest BCUT2D eigenvalue weighted by atomic mass is 9.99. The highest BCUT2D eigenvalue weighted by molar-refractivity contribution is 7.39. The summed E-state index contributed by atoms with van der Waals surface area (Å²) in [5.74, 6) is 1.63. The monoisotopic (exact) mass is 587 g/mol. The van der Waals surface area contributed by atoms with Crippen LogP contribution in [0.3, 0.4) is 0 Å². The van der Waals surface area contributed by atoms with Crippen molar-refractivity contribution in [1.82, 2.24) is 0 Å². The highest BCUT2D eigenvalue weighted by Crippen LogP contribution is 2.48. The molecular weight excluding hydrogens is 557 g/mol. The minimum Gasteiger partial charge on any atom is -0.493 e. The van der Waals surface area contributed by atoms with Crippen molar-refractivity contribution in [3.05, 3.63) is 121 Å². The van der Waals surface area contributed by atoms with Gasteiger partial charge < -0.3 is 22.6 Å². The molecule has 0 radical (unpaired) electrons. The summed E-state index contributed by atoms with van der Waals surface area (Å²) >= 11 is 0. The first kappa shape index (κ1) is 26.8. The van der Waals surface area contributed by atoms with Crippen molar-refractivity contribution in [2.24, 2.45) is 0 Å². The summed E-state index contributed by atoms with van der Waals surface area (Å²) in [5, 5.41) is 6.56. The van der Waals surface area contributed by atoms with E-state index in [1.807, 2.05) is 30.3 Å². The minimum absolute atomic E-state index is 0.525. The number of nitrogens with zero attached hydrogens (tertiary/aromatic N) is 1. The molecule has 0 saturated carbocycles. The molecule has 7 aromatic rings. The third-order valence-corrected chi connectivity index (χ3v) is 9.18. The van der Waals surface area contributed by atoms with E-state index in [9.17, 15) is 0 Å². The zero-order valence-electron chi connectivity index (χ0n) is 24.1. The SMILES string of the molecule is COc1cc(N(Cc2ccccc2)p2oc3ccc4ccccc4c3c3c(ccc4ccccc43)o2)cc(OC)c1OC. The molecule has 1 heterocycles. The molecule has 0 amide bonds. The Morgan fingerprint density at radius 2 is 1.09 bits per heavy atom. The van der Waals surface area contributed by atoms with Crippen molar-refractivity contribution in [2.75, 3.05) is 26.0 Å². The van der Waals surface area contributed by atoms with Gasteiger partial charge in [0.15, 0.2) is 11.5 Å². The van der Waals surface area contributed by atoms with Gasteiger partial charge in [0.05, 0.1) is 33.6 Å². The summed E-state index contributed by atoms with van der Waals surface area (Å²) in [5.41, 5.74) is 3.46. The van der Waals surface area contributed by atoms with E-state index in [2.05, 4.69) is 89.6 Å². The van der Waals surface area contributed by atoms with E-state index in [1.165, 1.54) is 0 Å². The van der Waals surface area contributed by atoms with Crippen LogP contribution in [0.2, 0.25) is 0 Å². The van der Waals surface area contributed by atoms with Crippen LogP contribution in [0.4, 0.5) is 5.69 Å². The summed E-state index contributed by atoms with van der Waals surface area (Å²) in [7, 11) is 3.13. The number of benzene rings is 6. The second-order valence-corrected chi connectivity index (χ2v) is 11.5. The molecule has 0 saturated heterocycles. The maximum atomic E-state index is 6.94. The normalized spacial score (nSPS) is 11.2. The zero-order chi connectivity index (χ0) is 29.3. The summed E-state index contributed by atoms with van der Waals surface area (Å²) in [6.07, 6.45) is 0. The van der Waals surface area contributed by atoms with Crippen LogP contribution in [0, 0.1) is 0 Å². The number of rotatable bonds is 7. The molecule has 0 atom stereocenters. The summed E-state index contributed by atoms with van der Waals surface area (Å²) < 4.78 is 33.1. The van der Waals surface area contributed by atoms with Crippen LogP contribution in [0.25, 0.3) is 43.5 Å². The number of fused-ring (bicyclic) bond motifs is 7. The Bertz CT molecular complexity index is 2020. The molecular formula is C36H30NO5P. The van der Waals surface area contributed by atoms with Gasteiger partial charge in [-0.3, -0.25) is 4.67 Å². The Kier molecular flexibility index (Phi) is 7.06. The maximum Gasteiger partial charge on any atom is 0.341 e. The highest BCUT2D eigenvalue weighted by atomic mass is 31.1. The molecule has 7 rings (SSSR count). The molecule has 0 unspecified atom stereocenters. The van der Waals surface area contributed by atoms with Crippen LogP contribution in [0.15, 0.2) is 124 Å². The predicted octanol–water partition coefficient (Wildman–Crippen LogP) is 10.1. The Morgan fingerprint density at radius 3 is 1.60 bits per heavy atom. The average Bonchev–Trinajstić information content (AvgIpc) is 3.24. The largest absolute Gasteiger partial charge is 0.493 e. The third-order valence-electron chi connectivity index (χ3n) is 7.70. The number of anilines is 1. The van der Waals surface area contributed by atoms with Gasteiger partial charge in [0.25, 0.3) is 0 Å². The average molecular weight is 588 g/mol. The fraction of sp³-hybridized carbons (Fsp3) is 0.111. The predicted molar refractivity (Wildman–Crippen MR) is 175 cm³/mol. The molecule has 7 heteroatoms. The lowest BCUT2D eigenvalue weighted by Crippen LogP contribution is -2.13. The fourth-order valence-corrected chi connectivity index (χ4v) is 7.13. The molecule has 0 spiro atoms. The molecule has 0 aliphatic rings. The lowest BCUT2D eigenvalue weighted by molar-refractivity contribution is 0.324. The first-order valence-electron chi connectivity index (χ1n) is 14.0.